The van der Waals surface area contributed by atoms with Gasteiger partial charge in [0.15, 0.2) is 0 Å². The maximum atomic E-state index is 12.3. The Bertz CT molecular complexity index is 646. The van der Waals surface area contributed by atoms with E-state index < -0.39 is 0 Å². The lowest BCUT2D eigenvalue weighted by molar-refractivity contribution is -0.124. The normalized spacial score (nSPS) is 12.4. The summed E-state index contributed by atoms with van der Waals surface area (Å²) in [7, 11) is 0. The van der Waals surface area contributed by atoms with Crippen molar-refractivity contribution >= 4 is 21.8 Å². The summed E-state index contributed by atoms with van der Waals surface area (Å²) in [5, 5.41) is 11.4. The highest BCUT2D eigenvalue weighted by atomic mass is 79.9. The van der Waals surface area contributed by atoms with E-state index in [9.17, 15) is 4.79 Å². The summed E-state index contributed by atoms with van der Waals surface area (Å²) in [4.78, 5) is 12.3. The zero-order valence-electron chi connectivity index (χ0n) is 12.7. The summed E-state index contributed by atoms with van der Waals surface area (Å²) in [5.74, 6) is -0.0580. The van der Waals surface area contributed by atoms with Crippen molar-refractivity contribution in [3.05, 3.63) is 33.8 Å². The zero-order valence-corrected chi connectivity index (χ0v) is 14.3. The molecule has 0 radical (unpaired) electrons. The molecule has 6 nitrogen and oxygen atoms in total. The van der Waals surface area contributed by atoms with Gasteiger partial charge in [-0.2, -0.15) is 10.2 Å². The van der Waals surface area contributed by atoms with E-state index in [0.29, 0.717) is 6.54 Å². The van der Waals surface area contributed by atoms with Gasteiger partial charge in [-0.05, 0) is 43.6 Å². The first-order chi connectivity index (χ1) is 9.95. The summed E-state index contributed by atoms with van der Waals surface area (Å²) in [6.07, 6.45) is 3.51. The van der Waals surface area contributed by atoms with Crippen LogP contribution in [0.1, 0.15) is 36.8 Å². The summed E-state index contributed by atoms with van der Waals surface area (Å²) in [6, 6.07) is -0.349. The minimum atomic E-state index is -0.349. The molecule has 0 aliphatic heterocycles. The van der Waals surface area contributed by atoms with Gasteiger partial charge in [-0.25, -0.2) is 0 Å². The van der Waals surface area contributed by atoms with Gasteiger partial charge in [0.05, 0.1) is 22.6 Å². The topological polar surface area (TPSA) is 64.7 Å². The minimum Gasteiger partial charge on any atom is -0.350 e. The molecule has 2 aromatic heterocycles. The highest BCUT2D eigenvalue weighted by molar-refractivity contribution is 9.10. The molecule has 0 spiro atoms. The van der Waals surface area contributed by atoms with Crippen molar-refractivity contribution < 1.29 is 4.79 Å². The number of nitrogens with one attached hydrogen (secondary N) is 1. The molecule has 21 heavy (non-hydrogen) atoms. The number of hydrogen-bond donors (Lipinski definition) is 1. The van der Waals surface area contributed by atoms with Gasteiger partial charge in [-0.1, -0.05) is 0 Å². The minimum absolute atomic E-state index is 0.0580. The van der Waals surface area contributed by atoms with Crippen LogP contribution in [0.15, 0.2) is 16.9 Å². The number of aromatic nitrogens is 4. The van der Waals surface area contributed by atoms with Gasteiger partial charge in [0.2, 0.25) is 5.91 Å². The lowest BCUT2D eigenvalue weighted by atomic mass is 10.2. The van der Waals surface area contributed by atoms with Gasteiger partial charge in [0.1, 0.15) is 6.04 Å². The van der Waals surface area contributed by atoms with E-state index in [1.165, 1.54) is 0 Å². The quantitative estimate of drug-likeness (QED) is 0.897. The Balaban J connectivity index is 2.01. The molecule has 1 N–H and O–H groups in total. The van der Waals surface area contributed by atoms with Crippen molar-refractivity contribution in [2.45, 2.75) is 46.8 Å². The molecule has 0 aliphatic rings. The van der Waals surface area contributed by atoms with E-state index in [1.54, 1.807) is 17.1 Å². The van der Waals surface area contributed by atoms with Gasteiger partial charge in [-0.15, -0.1) is 0 Å². The number of amides is 1. The molecule has 1 unspecified atom stereocenters. The zero-order chi connectivity index (χ0) is 15.6. The number of aryl methyl sites for hydroxylation is 1. The van der Waals surface area contributed by atoms with E-state index in [-0.39, 0.29) is 11.9 Å². The summed E-state index contributed by atoms with van der Waals surface area (Å²) in [5.41, 5.74) is 3.06. The predicted molar refractivity (Wildman–Crippen MR) is 83.9 cm³/mol. The van der Waals surface area contributed by atoms with Crippen molar-refractivity contribution in [1.29, 1.82) is 0 Å². The second kappa shape index (κ2) is 6.43. The van der Waals surface area contributed by atoms with Crippen LogP contribution >= 0.6 is 15.9 Å². The Labute approximate surface area is 132 Å². The van der Waals surface area contributed by atoms with E-state index >= 15 is 0 Å². The summed E-state index contributed by atoms with van der Waals surface area (Å²) < 4.78 is 4.53. The Hall–Kier alpha value is -1.63. The molecule has 0 saturated carbocycles. The van der Waals surface area contributed by atoms with Crippen LogP contribution in [0.3, 0.4) is 0 Å². The van der Waals surface area contributed by atoms with Crippen LogP contribution in [0.2, 0.25) is 0 Å². The first-order valence-corrected chi connectivity index (χ1v) is 7.73. The molecule has 0 aliphatic carbocycles. The summed E-state index contributed by atoms with van der Waals surface area (Å²) in [6.45, 7) is 9.13. The number of hydrogen-bond acceptors (Lipinski definition) is 3. The average Bonchev–Trinajstić information content (AvgIpc) is 2.99. The van der Waals surface area contributed by atoms with Crippen LogP contribution in [-0.4, -0.2) is 25.5 Å². The molecule has 2 heterocycles. The van der Waals surface area contributed by atoms with E-state index in [1.807, 2.05) is 32.4 Å². The number of carbonyl (C=O) groups excluding carboxylic acids is 1. The fourth-order valence-corrected chi connectivity index (χ4v) is 2.48. The van der Waals surface area contributed by atoms with Gasteiger partial charge < -0.3 is 5.32 Å². The first kappa shape index (κ1) is 15.8. The van der Waals surface area contributed by atoms with E-state index in [0.717, 1.165) is 28.0 Å². The summed E-state index contributed by atoms with van der Waals surface area (Å²) >= 11 is 3.40. The third-order valence-corrected chi connectivity index (χ3v) is 4.47. The van der Waals surface area contributed by atoms with Crippen molar-refractivity contribution in [3.63, 3.8) is 0 Å². The molecule has 2 aromatic rings. The molecule has 1 atom stereocenters. The van der Waals surface area contributed by atoms with Crippen LogP contribution in [0.5, 0.6) is 0 Å². The molecule has 0 saturated heterocycles. The fourth-order valence-electron chi connectivity index (χ4n) is 2.21. The Morgan fingerprint density at radius 3 is 2.57 bits per heavy atom. The molecule has 0 bridgehead atoms. The van der Waals surface area contributed by atoms with Crippen LogP contribution in [-0.2, 0) is 17.9 Å². The van der Waals surface area contributed by atoms with Crippen molar-refractivity contribution in [1.82, 2.24) is 24.9 Å². The molecule has 2 rings (SSSR count). The Morgan fingerprint density at radius 1 is 1.33 bits per heavy atom. The molecule has 0 fully saturated rings. The molecule has 7 heteroatoms. The van der Waals surface area contributed by atoms with Gasteiger partial charge in [0.25, 0.3) is 0 Å². The van der Waals surface area contributed by atoms with E-state index in [2.05, 4.69) is 31.4 Å². The first-order valence-electron chi connectivity index (χ1n) is 6.94. The van der Waals surface area contributed by atoms with Crippen LogP contribution < -0.4 is 5.32 Å². The predicted octanol–water partition coefficient (Wildman–Crippen LogP) is 2.36. The van der Waals surface area contributed by atoms with Gasteiger partial charge >= 0.3 is 0 Å². The lowest BCUT2D eigenvalue weighted by Gasteiger charge is -2.14. The number of rotatable bonds is 5. The van der Waals surface area contributed by atoms with Crippen LogP contribution in [0.4, 0.5) is 0 Å². The standard InChI is InChI=1S/C14H20BrN5O/c1-5-19-9(2)12(7-17-19)6-16-14(21)11(4)20-10(3)13(15)8-18-20/h7-8,11H,5-6H2,1-4H3,(H,16,21). The van der Waals surface area contributed by atoms with Crippen molar-refractivity contribution in [2.24, 2.45) is 0 Å². The highest BCUT2D eigenvalue weighted by Crippen LogP contribution is 2.18. The third-order valence-electron chi connectivity index (χ3n) is 3.69. The maximum absolute atomic E-state index is 12.3. The Morgan fingerprint density at radius 2 is 2.05 bits per heavy atom. The second-order valence-electron chi connectivity index (χ2n) is 4.99. The number of carbonyl (C=O) groups is 1. The SMILES string of the molecule is CCn1ncc(CNC(=O)C(C)n2ncc(Br)c2C)c1C. The largest absolute Gasteiger partial charge is 0.350 e. The van der Waals surface area contributed by atoms with E-state index in [4.69, 9.17) is 0 Å². The molecule has 114 valence electrons. The van der Waals surface area contributed by atoms with Gasteiger partial charge in [0, 0.05) is 24.3 Å². The molecule has 1 amide bonds. The third kappa shape index (κ3) is 3.18. The van der Waals surface area contributed by atoms with Crippen molar-refractivity contribution in [3.8, 4) is 0 Å². The van der Waals surface area contributed by atoms with Crippen molar-refractivity contribution in [2.75, 3.05) is 0 Å². The second-order valence-corrected chi connectivity index (χ2v) is 5.84. The smallest absolute Gasteiger partial charge is 0.244 e. The lowest BCUT2D eigenvalue weighted by Crippen LogP contribution is -2.31. The molecular formula is C14H20BrN5O. The number of halogens is 1. The van der Waals surface area contributed by atoms with Crippen LogP contribution in [0.25, 0.3) is 0 Å². The highest BCUT2D eigenvalue weighted by Gasteiger charge is 2.18. The maximum Gasteiger partial charge on any atom is 0.244 e. The Kier molecular flexibility index (Phi) is 4.82. The molecular weight excluding hydrogens is 334 g/mol. The molecule has 0 aromatic carbocycles. The van der Waals surface area contributed by atoms with Crippen LogP contribution in [0, 0.1) is 13.8 Å². The van der Waals surface area contributed by atoms with Gasteiger partial charge in [-0.3, -0.25) is 14.2 Å². The fraction of sp³-hybridized carbons (Fsp3) is 0.500. The average molecular weight is 354 g/mol. The monoisotopic (exact) mass is 353 g/mol. The number of nitrogens with zero attached hydrogens (tertiary/aromatic N) is 4.